The Kier molecular flexibility index (Phi) is 253. The van der Waals surface area contributed by atoms with Crippen LogP contribution in [0, 0.1) is 41.7 Å². The van der Waals surface area contributed by atoms with Crippen LogP contribution in [0.3, 0.4) is 0 Å². The summed E-state index contributed by atoms with van der Waals surface area (Å²) < 4.78 is 0. The summed E-state index contributed by atoms with van der Waals surface area (Å²) in [4.78, 5) is 33.0. The molecule has 0 spiro atoms. The van der Waals surface area contributed by atoms with E-state index in [-0.39, 0.29) is 41.7 Å². The third kappa shape index (κ3) is 1750. The van der Waals surface area contributed by atoms with Crippen LogP contribution >= 0.6 is 0 Å². The Hall–Kier alpha value is -0.743. The molecule has 0 N–H and O–H groups in total. The summed E-state index contributed by atoms with van der Waals surface area (Å²) in [6.07, 6.45) is 0. The van der Waals surface area contributed by atoms with Gasteiger partial charge in [0, 0.05) is 25.9 Å². The van der Waals surface area contributed by atoms with E-state index in [1.807, 2.05) is 0 Å². The number of carboxylic acid groups (broad SMARTS) is 4. The zero-order chi connectivity index (χ0) is 10.8. The van der Waals surface area contributed by atoms with Gasteiger partial charge in [0.05, 0.1) is 0 Å². The fraction of sp³-hybridized carbons (Fsp3) is 0. The molecule has 0 saturated carbocycles. The molecule has 0 amide bonds. The van der Waals surface area contributed by atoms with Crippen LogP contribution in [0.15, 0.2) is 0 Å². The van der Waals surface area contributed by atoms with E-state index in [1.165, 1.54) is 0 Å². The van der Waals surface area contributed by atoms with E-state index >= 15 is 0 Å². The third-order valence-corrected chi connectivity index (χ3v) is 0. The molecule has 0 fully saturated rings. The van der Waals surface area contributed by atoms with Crippen LogP contribution in [0.5, 0.6) is 0 Å². The van der Waals surface area contributed by atoms with Gasteiger partial charge in [-0.15, -0.1) is 0 Å². The molecule has 0 aliphatic carbocycles. The zero-order valence-electron chi connectivity index (χ0n) is 6.08. The molecule has 0 radical (unpaired) electrons. The molecule has 0 atom stereocenters. The van der Waals surface area contributed by atoms with Crippen molar-refractivity contribution < 1.29 is 81.4 Å². The van der Waals surface area contributed by atoms with Crippen LogP contribution in [0.25, 0.3) is 0 Å². The molecule has 0 rings (SSSR count). The molecule has 0 aliphatic heterocycles. The number of carbonyl (C=O) groups is 4. The summed E-state index contributed by atoms with van der Waals surface area (Å²) in [5.74, 6) is 0. The maximum atomic E-state index is 8.25. The number of hydrogen-bond donors (Lipinski definition) is 0. The van der Waals surface area contributed by atoms with Crippen LogP contribution in [0.2, 0.25) is 0 Å². The normalized spacial score (nSPS) is 3.69. The van der Waals surface area contributed by atoms with Crippen molar-refractivity contribution in [1.82, 2.24) is 0 Å². The summed E-state index contributed by atoms with van der Waals surface area (Å²) in [6, 6.07) is 0. The van der Waals surface area contributed by atoms with Crippen molar-refractivity contribution in [3.8, 4) is 0 Å². The molecule has 0 aromatic carbocycles. The van der Waals surface area contributed by atoms with Crippen molar-refractivity contribution in [2.75, 3.05) is 0 Å². The average molecular weight is 320 g/mol. The second-order valence-electron chi connectivity index (χ2n) is 0.385. The SMILES string of the molecule is O=C[O-].O=C[O-].O=C[O-].O=C[O-].[Ce+4]. The average Bonchev–Trinajstić information content (AvgIpc) is 1.92. The molecule has 0 aromatic heterocycles. The predicted octanol–water partition coefficient (Wildman–Crippen LogP) is -6.54. The standard InChI is InChI=1S/4CH2O2.Ce/c4*2-1-3;/h4*1H,(H,2,3);/q;;;;+4/p-4. The minimum absolute atomic E-state index is 0. The van der Waals surface area contributed by atoms with Crippen molar-refractivity contribution in [2.24, 2.45) is 0 Å². The quantitative estimate of drug-likeness (QED) is 0.398. The van der Waals surface area contributed by atoms with E-state index in [2.05, 4.69) is 0 Å². The van der Waals surface area contributed by atoms with Crippen LogP contribution in [0.1, 0.15) is 0 Å². The smallest absolute Gasteiger partial charge is 0.554 e. The number of rotatable bonds is 0. The first-order chi connectivity index (χ1) is 5.66. The monoisotopic (exact) mass is 320 g/mol. The maximum absolute atomic E-state index is 8.25. The van der Waals surface area contributed by atoms with Gasteiger partial charge in [0.2, 0.25) is 0 Å². The van der Waals surface area contributed by atoms with Crippen molar-refractivity contribution in [3.05, 3.63) is 0 Å². The van der Waals surface area contributed by atoms with E-state index in [0.29, 0.717) is 0 Å². The summed E-state index contributed by atoms with van der Waals surface area (Å²) in [5, 5.41) is 33.0. The van der Waals surface area contributed by atoms with E-state index in [9.17, 15) is 0 Å². The molecular formula is C4H4CeO8. The molecule has 0 bridgehead atoms. The molecular weight excluding hydrogens is 316 g/mol. The van der Waals surface area contributed by atoms with Crippen molar-refractivity contribution >= 4 is 25.9 Å². The summed E-state index contributed by atoms with van der Waals surface area (Å²) in [5.41, 5.74) is 0. The summed E-state index contributed by atoms with van der Waals surface area (Å²) in [7, 11) is 0. The van der Waals surface area contributed by atoms with Gasteiger partial charge in [-0.05, 0) is 0 Å². The minimum Gasteiger partial charge on any atom is -0.554 e. The summed E-state index contributed by atoms with van der Waals surface area (Å²) in [6.45, 7) is -2.00. The Morgan fingerprint density at radius 3 is 0.538 bits per heavy atom. The molecule has 0 heterocycles. The van der Waals surface area contributed by atoms with Gasteiger partial charge in [-0.3, -0.25) is 0 Å². The van der Waals surface area contributed by atoms with Gasteiger partial charge >= 0.3 is 41.7 Å². The van der Waals surface area contributed by atoms with E-state index in [0.717, 1.165) is 0 Å². The molecule has 9 heteroatoms. The predicted molar refractivity (Wildman–Crippen MR) is 24.3 cm³/mol. The zero-order valence-corrected chi connectivity index (χ0v) is 9.22. The van der Waals surface area contributed by atoms with Gasteiger partial charge in [-0.2, -0.15) is 0 Å². The summed E-state index contributed by atoms with van der Waals surface area (Å²) >= 11 is 0. The maximum Gasteiger partial charge on any atom is 4.00 e. The first kappa shape index (κ1) is 29.5. The van der Waals surface area contributed by atoms with Gasteiger partial charge in [0.15, 0.2) is 0 Å². The first-order valence-electron chi connectivity index (χ1n) is 1.89. The minimum atomic E-state index is -0.500. The molecule has 0 aliphatic rings. The van der Waals surface area contributed by atoms with Gasteiger partial charge in [-0.25, -0.2) is 0 Å². The molecule has 0 unspecified atom stereocenters. The Bertz CT molecular complexity index is 70.1. The van der Waals surface area contributed by atoms with E-state index in [4.69, 9.17) is 39.6 Å². The van der Waals surface area contributed by atoms with E-state index < -0.39 is 25.9 Å². The first-order valence-corrected chi connectivity index (χ1v) is 1.89. The number of hydrogen-bond acceptors (Lipinski definition) is 8. The molecule has 72 valence electrons. The van der Waals surface area contributed by atoms with Crippen LogP contribution in [-0.4, -0.2) is 25.9 Å². The fourth-order valence-corrected chi connectivity index (χ4v) is 0. The van der Waals surface area contributed by atoms with Crippen LogP contribution in [-0.2, 0) is 19.2 Å². The molecule has 8 nitrogen and oxygen atoms in total. The largest absolute Gasteiger partial charge is 4.00 e. The second kappa shape index (κ2) is 112. The Morgan fingerprint density at radius 1 is 0.538 bits per heavy atom. The third-order valence-electron chi connectivity index (χ3n) is 0. The van der Waals surface area contributed by atoms with E-state index in [1.54, 1.807) is 0 Å². The number of carbonyl (C=O) groups excluding carboxylic acids is 4. The van der Waals surface area contributed by atoms with Crippen molar-refractivity contribution in [2.45, 2.75) is 0 Å². The fourth-order valence-electron chi connectivity index (χ4n) is 0. The van der Waals surface area contributed by atoms with Crippen LogP contribution < -0.4 is 20.4 Å². The Balaban J connectivity index is -0.0000000213. The van der Waals surface area contributed by atoms with Gasteiger partial charge in [-0.1, -0.05) is 0 Å². The van der Waals surface area contributed by atoms with Gasteiger partial charge in [0.25, 0.3) is 0 Å². The Labute approximate surface area is 107 Å². The van der Waals surface area contributed by atoms with Crippen molar-refractivity contribution in [3.63, 3.8) is 0 Å². The topological polar surface area (TPSA) is 161 Å². The second-order valence-corrected chi connectivity index (χ2v) is 0.385. The van der Waals surface area contributed by atoms with Crippen molar-refractivity contribution in [1.29, 1.82) is 0 Å². The molecule has 0 saturated heterocycles. The van der Waals surface area contributed by atoms with Crippen LogP contribution in [0.4, 0.5) is 0 Å². The molecule has 13 heavy (non-hydrogen) atoms. The van der Waals surface area contributed by atoms with Gasteiger partial charge in [0.1, 0.15) is 0 Å². The Morgan fingerprint density at radius 2 is 0.538 bits per heavy atom. The molecule has 0 aromatic rings. The van der Waals surface area contributed by atoms with Gasteiger partial charge < -0.3 is 39.6 Å².